The molecule has 0 spiro atoms. The Kier molecular flexibility index (Phi) is 5.31. The van der Waals surface area contributed by atoms with Crippen LogP contribution in [-0.2, 0) is 11.3 Å². The molecule has 1 heterocycles. The number of hydrogen-bond acceptors (Lipinski definition) is 3. The molecule has 2 aromatic carbocycles. The zero-order valence-corrected chi connectivity index (χ0v) is 14.1. The highest BCUT2D eigenvalue weighted by Gasteiger charge is 2.26. The fourth-order valence-corrected chi connectivity index (χ4v) is 2.51. The van der Waals surface area contributed by atoms with Gasteiger partial charge in [-0.2, -0.15) is 0 Å². The molecule has 0 aliphatic carbocycles. The lowest BCUT2D eigenvalue weighted by atomic mass is 10.2. The normalized spacial score (nSPS) is 11.8. The van der Waals surface area contributed by atoms with Gasteiger partial charge in [0.15, 0.2) is 6.10 Å². The molecular formula is C20H17F2NO3. The molecule has 0 bridgehead atoms. The second-order valence-electron chi connectivity index (χ2n) is 5.67. The maximum atomic E-state index is 14.3. The summed E-state index contributed by atoms with van der Waals surface area (Å²) in [5.74, 6) is -1.04. The Balaban J connectivity index is 1.87. The predicted molar refractivity (Wildman–Crippen MR) is 92.8 cm³/mol. The van der Waals surface area contributed by atoms with Crippen molar-refractivity contribution in [3.63, 3.8) is 0 Å². The van der Waals surface area contributed by atoms with Gasteiger partial charge in [-0.05, 0) is 43.3 Å². The zero-order valence-electron chi connectivity index (χ0n) is 14.1. The third kappa shape index (κ3) is 4.08. The van der Waals surface area contributed by atoms with E-state index in [1.54, 1.807) is 43.3 Å². The van der Waals surface area contributed by atoms with Crippen molar-refractivity contribution in [1.29, 1.82) is 0 Å². The number of para-hydroxylation sites is 1. The summed E-state index contributed by atoms with van der Waals surface area (Å²) in [6.07, 6.45) is 0.583. The number of hydrogen-bond donors (Lipinski definition) is 0. The van der Waals surface area contributed by atoms with E-state index in [1.807, 2.05) is 6.07 Å². The van der Waals surface area contributed by atoms with Crippen molar-refractivity contribution in [1.82, 2.24) is 0 Å². The van der Waals surface area contributed by atoms with E-state index in [-0.39, 0.29) is 12.2 Å². The molecule has 26 heavy (non-hydrogen) atoms. The van der Waals surface area contributed by atoms with Crippen molar-refractivity contribution in [2.45, 2.75) is 19.6 Å². The van der Waals surface area contributed by atoms with Crippen LogP contribution in [0.15, 0.2) is 71.3 Å². The number of rotatable bonds is 6. The van der Waals surface area contributed by atoms with Gasteiger partial charge in [-0.1, -0.05) is 18.2 Å². The molecule has 6 heteroatoms. The molecule has 0 aliphatic heterocycles. The van der Waals surface area contributed by atoms with E-state index in [1.165, 1.54) is 17.2 Å². The van der Waals surface area contributed by atoms with Crippen LogP contribution in [0, 0.1) is 11.6 Å². The summed E-state index contributed by atoms with van der Waals surface area (Å²) in [6.45, 7) is 1.57. The molecule has 3 aromatic rings. The van der Waals surface area contributed by atoms with Crippen LogP contribution in [0.1, 0.15) is 12.7 Å². The summed E-state index contributed by atoms with van der Waals surface area (Å²) in [6, 6.07) is 15.2. The number of carbonyl (C=O) groups excluding carboxylic acids is 1. The fraction of sp³-hybridized carbons (Fsp3) is 0.150. The molecule has 1 atom stereocenters. The summed E-state index contributed by atoms with van der Waals surface area (Å²) >= 11 is 0. The molecular weight excluding hydrogens is 340 g/mol. The third-order valence-electron chi connectivity index (χ3n) is 3.76. The Morgan fingerprint density at radius 3 is 2.54 bits per heavy atom. The van der Waals surface area contributed by atoms with E-state index in [9.17, 15) is 13.6 Å². The van der Waals surface area contributed by atoms with Gasteiger partial charge in [0.05, 0.1) is 18.5 Å². The van der Waals surface area contributed by atoms with Crippen molar-refractivity contribution in [2.24, 2.45) is 0 Å². The summed E-state index contributed by atoms with van der Waals surface area (Å²) in [4.78, 5) is 14.1. The van der Waals surface area contributed by atoms with E-state index < -0.39 is 23.6 Å². The highest BCUT2D eigenvalue weighted by Crippen LogP contribution is 2.24. The maximum absolute atomic E-state index is 14.3. The van der Waals surface area contributed by atoms with Gasteiger partial charge < -0.3 is 9.15 Å². The first-order valence-corrected chi connectivity index (χ1v) is 8.05. The van der Waals surface area contributed by atoms with Gasteiger partial charge in [0, 0.05) is 6.07 Å². The number of anilines is 1. The minimum absolute atomic E-state index is 0.00310. The molecule has 1 aromatic heterocycles. The standard InChI is InChI=1S/C20H17F2NO3/c1-14(26-16-6-3-2-4-7-16)20(24)23(13-17-8-5-11-25-17)19-10-9-15(21)12-18(19)22/h2-12,14H,13H2,1H3. The third-order valence-corrected chi connectivity index (χ3v) is 3.76. The van der Waals surface area contributed by atoms with Crippen molar-refractivity contribution in [3.8, 4) is 5.75 Å². The van der Waals surface area contributed by atoms with E-state index in [4.69, 9.17) is 9.15 Å². The Labute approximate surface area is 149 Å². The first-order chi connectivity index (χ1) is 12.5. The summed E-state index contributed by atoms with van der Waals surface area (Å²) in [5, 5.41) is 0. The van der Waals surface area contributed by atoms with Crippen molar-refractivity contribution >= 4 is 11.6 Å². The Morgan fingerprint density at radius 2 is 1.88 bits per heavy atom. The summed E-state index contributed by atoms with van der Waals surface area (Å²) in [7, 11) is 0. The Bertz CT molecular complexity index is 866. The number of benzene rings is 2. The van der Waals surface area contributed by atoms with E-state index >= 15 is 0 Å². The molecule has 134 valence electrons. The fourth-order valence-electron chi connectivity index (χ4n) is 2.51. The van der Waals surface area contributed by atoms with Gasteiger partial charge in [-0.3, -0.25) is 9.69 Å². The lowest BCUT2D eigenvalue weighted by Gasteiger charge is -2.26. The molecule has 3 rings (SSSR count). The lowest BCUT2D eigenvalue weighted by Crippen LogP contribution is -2.40. The molecule has 0 saturated carbocycles. The SMILES string of the molecule is CC(Oc1ccccc1)C(=O)N(Cc1ccco1)c1ccc(F)cc1F. The molecule has 0 N–H and O–H groups in total. The predicted octanol–water partition coefficient (Wildman–Crippen LogP) is 4.56. The van der Waals surface area contributed by atoms with Crippen molar-refractivity contribution < 1.29 is 22.7 Å². The smallest absolute Gasteiger partial charge is 0.268 e. The van der Waals surface area contributed by atoms with Crippen LogP contribution in [0.4, 0.5) is 14.5 Å². The largest absolute Gasteiger partial charge is 0.481 e. The first kappa shape index (κ1) is 17.7. The molecule has 0 saturated heterocycles. The highest BCUT2D eigenvalue weighted by molar-refractivity contribution is 5.96. The average molecular weight is 357 g/mol. The van der Waals surface area contributed by atoms with Crippen LogP contribution in [0.25, 0.3) is 0 Å². The first-order valence-electron chi connectivity index (χ1n) is 8.05. The number of furan rings is 1. The molecule has 1 amide bonds. The van der Waals surface area contributed by atoms with Gasteiger partial charge in [0.2, 0.25) is 0 Å². The van der Waals surface area contributed by atoms with Crippen LogP contribution in [-0.4, -0.2) is 12.0 Å². The molecule has 0 radical (unpaired) electrons. The quantitative estimate of drug-likeness (QED) is 0.650. The molecule has 0 fully saturated rings. The Morgan fingerprint density at radius 1 is 1.12 bits per heavy atom. The molecule has 4 nitrogen and oxygen atoms in total. The highest BCUT2D eigenvalue weighted by atomic mass is 19.1. The number of carbonyl (C=O) groups is 1. The summed E-state index contributed by atoms with van der Waals surface area (Å²) in [5.41, 5.74) is -0.0451. The second-order valence-corrected chi connectivity index (χ2v) is 5.67. The number of ether oxygens (including phenoxy) is 1. The van der Waals surface area contributed by atoms with E-state index in [2.05, 4.69) is 0 Å². The van der Waals surface area contributed by atoms with Gasteiger partial charge >= 0.3 is 0 Å². The van der Waals surface area contributed by atoms with Crippen LogP contribution >= 0.6 is 0 Å². The van der Waals surface area contributed by atoms with Crippen molar-refractivity contribution in [3.05, 3.63) is 84.3 Å². The minimum Gasteiger partial charge on any atom is -0.481 e. The van der Waals surface area contributed by atoms with Gasteiger partial charge in [0.25, 0.3) is 5.91 Å². The van der Waals surface area contributed by atoms with Crippen LogP contribution < -0.4 is 9.64 Å². The van der Waals surface area contributed by atoms with E-state index in [0.717, 1.165) is 12.1 Å². The Hall–Kier alpha value is -3.15. The lowest BCUT2D eigenvalue weighted by molar-refractivity contribution is -0.124. The van der Waals surface area contributed by atoms with Crippen LogP contribution in [0.5, 0.6) is 5.75 Å². The average Bonchev–Trinajstić information content (AvgIpc) is 3.14. The van der Waals surface area contributed by atoms with Crippen LogP contribution in [0.2, 0.25) is 0 Å². The van der Waals surface area contributed by atoms with Crippen molar-refractivity contribution in [2.75, 3.05) is 4.90 Å². The second kappa shape index (κ2) is 7.82. The van der Waals surface area contributed by atoms with Gasteiger partial charge in [-0.25, -0.2) is 8.78 Å². The maximum Gasteiger partial charge on any atom is 0.268 e. The monoisotopic (exact) mass is 357 g/mol. The molecule has 1 unspecified atom stereocenters. The van der Waals surface area contributed by atoms with Gasteiger partial charge in [-0.15, -0.1) is 0 Å². The van der Waals surface area contributed by atoms with Gasteiger partial charge in [0.1, 0.15) is 23.1 Å². The number of nitrogens with zero attached hydrogens (tertiary/aromatic N) is 1. The van der Waals surface area contributed by atoms with Crippen LogP contribution in [0.3, 0.4) is 0 Å². The number of halogens is 2. The zero-order chi connectivity index (χ0) is 18.5. The van der Waals surface area contributed by atoms with E-state index in [0.29, 0.717) is 11.5 Å². The number of amides is 1. The minimum atomic E-state index is -0.878. The summed E-state index contributed by atoms with van der Waals surface area (Å²) < 4.78 is 38.4. The topological polar surface area (TPSA) is 42.7 Å². The molecule has 0 aliphatic rings.